The maximum absolute atomic E-state index is 12.5. The van der Waals surface area contributed by atoms with E-state index in [0.29, 0.717) is 24.8 Å². The molecular weight excluding hydrogens is 382 g/mol. The molecule has 1 N–H and O–H groups in total. The van der Waals surface area contributed by atoms with E-state index >= 15 is 0 Å². The van der Waals surface area contributed by atoms with Crippen LogP contribution in [-0.2, 0) is 16.1 Å². The van der Waals surface area contributed by atoms with E-state index in [9.17, 15) is 4.79 Å². The summed E-state index contributed by atoms with van der Waals surface area (Å²) in [5, 5.41) is 7.25. The van der Waals surface area contributed by atoms with Crippen LogP contribution in [0.2, 0.25) is 0 Å². The number of nitrogens with zero attached hydrogens (tertiary/aromatic N) is 4. The van der Waals surface area contributed by atoms with Gasteiger partial charge in [0, 0.05) is 37.7 Å². The maximum atomic E-state index is 12.5. The standard InChI is InChI=1S/C22H31N5O3/c1-17-4-2-3-5-19(17)21-24-20(30-25-21)16-27-9-6-18(7-10-27)22(28)23-8-11-26-12-14-29-15-13-26/h2-5,18H,6-16H2,1H3,(H,23,28). The third-order valence-corrected chi connectivity index (χ3v) is 6.00. The van der Waals surface area contributed by atoms with Crippen LogP contribution in [-0.4, -0.2) is 78.3 Å². The highest BCUT2D eigenvalue weighted by Crippen LogP contribution is 2.22. The van der Waals surface area contributed by atoms with Crippen molar-refractivity contribution in [3.63, 3.8) is 0 Å². The lowest BCUT2D eigenvalue weighted by Gasteiger charge is -2.30. The average Bonchev–Trinajstić information content (AvgIpc) is 3.23. The number of hydrogen-bond donors (Lipinski definition) is 1. The molecule has 3 heterocycles. The van der Waals surface area contributed by atoms with Crippen LogP contribution in [0, 0.1) is 12.8 Å². The van der Waals surface area contributed by atoms with Gasteiger partial charge in [-0.3, -0.25) is 14.6 Å². The number of carbonyl (C=O) groups is 1. The summed E-state index contributed by atoms with van der Waals surface area (Å²) in [6, 6.07) is 8.03. The lowest BCUT2D eigenvalue weighted by atomic mass is 9.96. The van der Waals surface area contributed by atoms with Crippen molar-refractivity contribution >= 4 is 5.91 Å². The Hall–Kier alpha value is -2.29. The van der Waals surface area contributed by atoms with Gasteiger partial charge in [-0.15, -0.1) is 0 Å². The van der Waals surface area contributed by atoms with Crippen LogP contribution in [0.3, 0.4) is 0 Å². The third kappa shape index (κ3) is 5.44. The molecule has 2 aliphatic rings. The Morgan fingerprint density at radius 1 is 1.13 bits per heavy atom. The van der Waals surface area contributed by atoms with Crippen molar-refractivity contribution in [2.45, 2.75) is 26.3 Å². The van der Waals surface area contributed by atoms with Gasteiger partial charge in [0.1, 0.15) is 0 Å². The molecule has 2 saturated heterocycles. The summed E-state index contributed by atoms with van der Waals surface area (Å²) >= 11 is 0. The molecular formula is C22H31N5O3. The molecule has 8 heteroatoms. The fourth-order valence-corrected chi connectivity index (χ4v) is 4.10. The number of amides is 1. The van der Waals surface area contributed by atoms with Gasteiger partial charge in [-0.2, -0.15) is 4.98 Å². The van der Waals surface area contributed by atoms with Crippen molar-refractivity contribution < 1.29 is 14.1 Å². The first kappa shape index (κ1) is 21.0. The number of benzene rings is 1. The zero-order valence-corrected chi connectivity index (χ0v) is 17.7. The number of nitrogens with one attached hydrogen (secondary N) is 1. The molecule has 1 aromatic heterocycles. The number of likely N-dealkylation sites (tertiary alicyclic amines) is 1. The Morgan fingerprint density at radius 2 is 1.90 bits per heavy atom. The molecule has 8 nitrogen and oxygen atoms in total. The van der Waals surface area contributed by atoms with Crippen LogP contribution >= 0.6 is 0 Å². The number of aromatic nitrogens is 2. The summed E-state index contributed by atoms with van der Waals surface area (Å²) < 4.78 is 10.8. The van der Waals surface area contributed by atoms with Gasteiger partial charge in [0.2, 0.25) is 17.6 Å². The number of hydrogen-bond acceptors (Lipinski definition) is 7. The average molecular weight is 414 g/mol. The molecule has 2 aromatic rings. The van der Waals surface area contributed by atoms with Gasteiger partial charge in [-0.25, -0.2) is 0 Å². The molecule has 2 aliphatic heterocycles. The highest BCUT2D eigenvalue weighted by Gasteiger charge is 2.26. The summed E-state index contributed by atoms with van der Waals surface area (Å²) in [6.07, 6.45) is 1.73. The first-order chi connectivity index (χ1) is 14.7. The Kier molecular flexibility index (Phi) is 7.09. The van der Waals surface area contributed by atoms with Crippen LogP contribution < -0.4 is 5.32 Å². The minimum Gasteiger partial charge on any atom is -0.379 e. The SMILES string of the molecule is Cc1ccccc1-c1noc(CN2CCC(C(=O)NCCN3CCOCC3)CC2)n1. The molecule has 0 atom stereocenters. The van der Waals surface area contributed by atoms with Gasteiger partial charge in [0.05, 0.1) is 19.8 Å². The first-order valence-corrected chi connectivity index (χ1v) is 10.9. The highest BCUT2D eigenvalue weighted by molar-refractivity contribution is 5.78. The fourth-order valence-electron chi connectivity index (χ4n) is 4.10. The zero-order chi connectivity index (χ0) is 20.8. The van der Waals surface area contributed by atoms with Gasteiger partial charge in [-0.05, 0) is 38.4 Å². The molecule has 1 aromatic carbocycles. The summed E-state index contributed by atoms with van der Waals surface area (Å²) in [6.45, 7) is 9.50. The monoisotopic (exact) mass is 413 g/mol. The van der Waals surface area contributed by atoms with Crippen LogP contribution in [0.4, 0.5) is 0 Å². The van der Waals surface area contributed by atoms with Gasteiger partial charge in [-0.1, -0.05) is 29.4 Å². The normalized spacial score (nSPS) is 19.1. The second kappa shape index (κ2) is 10.1. The summed E-state index contributed by atoms with van der Waals surface area (Å²) in [7, 11) is 0. The predicted octanol–water partition coefficient (Wildman–Crippen LogP) is 1.71. The summed E-state index contributed by atoms with van der Waals surface area (Å²) in [4.78, 5) is 21.7. The smallest absolute Gasteiger partial charge is 0.241 e. The number of aryl methyl sites for hydroxylation is 1. The van der Waals surface area contributed by atoms with E-state index in [1.165, 1.54) is 0 Å². The van der Waals surface area contributed by atoms with E-state index in [0.717, 1.165) is 69.9 Å². The van der Waals surface area contributed by atoms with Gasteiger partial charge >= 0.3 is 0 Å². The molecule has 0 radical (unpaired) electrons. The molecule has 4 rings (SSSR count). The Balaban J connectivity index is 1.19. The van der Waals surface area contributed by atoms with Crippen LogP contribution in [0.25, 0.3) is 11.4 Å². The van der Waals surface area contributed by atoms with E-state index in [4.69, 9.17) is 9.26 Å². The predicted molar refractivity (Wildman–Crippen MR) is 113 cm³/mol. The van der Waals surface area contributed by atoms with Crippen LogP contribution in [0.15, 0.2) is 28.8 Å². The molecule has 0 bridgehead atoms. The maximum Gasteiger partial charge on any atom is 0.241 e. The molecule has 2 fully saturated rings. The van der Waals surface area contributed by atoms with E-state index < -0.39 is 0 Å². The zero-order valence-electron chi connectivity index (χ0n) is 17.7. The number of ether oxygens (including phenoxy) is 1. The quantitative estimate of drug-likeness (QED) is 0.740. The van der Waals surface area contributed by atoms with E-state index in [-0.39, 0.29) is 11.8 Å². The van der Waals surface area contributed by atoms with Gasteiger partial charge in [0.25, 0.3) is 0 Å². The number of morpholine rings is 1. The van der Waals surface area contributed by atoms with Crippen molar-refractivity contribution in [1.29, 1.82) is 0 Å². The second-order valence-corrected chi connectivity index (χ2v) is 8.12. The van der Waals surface area contributed by atoms with Crippen molar-refractivity contribution in [3.8, 4) is 11.4 Å². The topological polar surface area (TPSA) is 83.7 Å². The van der Waals surface area contributed by atoms with E-state index in [1.807, 2.05) is 31.2 Å². The van der Waals surface area contributed by atoms with Crippen molar-refractivity contribution in [2.24, 2.45) is 5.92 Å². The third-order valence-electron chi connectivity index (χ3n) is 6.00. The molecule has 0 unspecified atom stereocenters. The van der Waals surface area contributed by atoms with Crippen molar-refractivity contribution in [1.82, 2.24) is 25.3 Å². The van der Waals surface area contributed by atoms with E-state index in [2.05, 4.69) is 25.3 Å². The molecule has 30 heavy (non-hydrogen) atoms. The summed E-state index contributed by atoms with van der Waals surface area (Å²) in [5.74, 6) is 1.54. The Labute approximate surface area is 177 Å². The lowest BCUT2D eigenvalue weighted by Crippen LogP contribution is -2.44. The Morgan fingerprint density at radius 3 is 2.67 bits per heavy atom. The molecule has 0 spiro atoms. The van der Waals surface area contributed by atoms with Crippen molar-refractivity contribution in [3.05, 3.63) is 35.7 Å². The fraction of sp³-hybridized carbons (Fsp3) is 0.591. The lowest BCUT2D eigenvalue weighted by molar-refractivity contribution is -0.126. The molecule has 1 amide bonds. The minimum absolute atomic E-state index is 0.0937. The number of piperidine rings is 1. The summed E-state index contributed by atoms with van der Waals surface area (Å²) in [5.41, 5.74) is 2.13. The number of carbonyl (C=O) groups excluding carboxylic acids is 1. The minimum atomic E-state index is 0.0937. The first-order valence-electron chi connectivity index (χ1n) is 10.9. The second-order valence-electron chi connectivity index (χ2n) is 8.12. The molecule has 0 saturated carbocycles. The Bertz CT molecular complexity index is 826. The van der Waals surface area contributed by atoms with Crippen LogP contribution in [0.1, 0.15) is 24.3 Å². The molecule has 162 valence electrons. The molecule has 0 aliphatic carbocycles. The highest BCUT2D eigenvalue weighted by atomic mass is 16.5. The largest absolute Gasteiger partial charge is 0.379 e. The number of rotatable bonds is 7. The van der Waals surface area contributed by atoms with E-state index in [1.54, 1.807) is 0 Å². The van der Waals surface area contributed by atoms with Gasteiger partial charge in [0.15, 0.2) is 0 Å². The van der Waals surface area contributed by atoms with Crippen molar-refractivity contribution in [2.75, 3.05) is 52.5 Å². The van der Waals surface area contributed by atoms with Crippen LogP contribution in [0.5, 0.6) is 0 Å². The van der Waals surface area contributed by atoms with Gasteiger partial charge < -0.3 is 14.6 Å².